The van der Waals surface area contributed by atoms with Gasteiger partial charge >= 0.3 is 0 Å². The minimum Gasteiger partial charge on any atom is -0.192 e. The third kappa shape index (κ3) is 3.06. The van der Waals surface area contributed by atoms with Crippen LogP contribution in [0.1, 0.15) is 27.8 Å². The van der Waals surface area contributed by atoms with Crippen molar-refractivity contribution in [3.8, 4) is 39.4 Å². The fraction of sp³-hybridized carbons (Fsp3) is 0.0227. The molecule has 0 aromatic heterocycles. The Bertz CT molecular complexity index is 2600. The number of nitrogens with zero attached hydrogens (tertiary/aromatic N) is 1. The Balaban J connectivity index is 1.37. The van der Waals surface area contributed by atoms with Gasteiger partial charge in [-0.1, -0.05) is 121 Å². The maximum atomic E-state index is 9.40. The second kappa shape index (κ2) is 8.79. The van der Waals surface area contributed by atoms with Crippen molar-refractivity contribution in [3.05, 3.63) is 179 Å². The second-order valence-electron chi connectivity index (χ2n) is 12.3. The molecule has 1 unspecified atom stereocenters. The maximum Gasteiger partial charge on any atom is 0.0991 e. The molecule has 2 aliphatic carbocycles. The third-order valence-electron chi connectivity index (χ3n) is 10.3. The van der Waals surface area contributed by atoms with Crippen molar-refractivity contribution in [3.63, 3.8) is 0 Å². The van der Waals surface area contributed by atoms with Crippen molar-refractivity contribution < 1.29 is 0 Å². The summed E-state index contributed by atoms with van der Waals surface area (Å²) in [6.07, 6.45) is 0. The first-order valence-electron chi connectivity index (χ1n) is 15.5. The summed E-state index contributed by atoms with van der Waals surface area (Å²) in [6.45, 7) is 0. The fourth-order valence-electron chi connectivity index (χ4n) is 8.45. The molecule has 0 aliphatic heterocycles. The molecule has 0 heterocycles. The monoisotopic (exact) mass is 567 g/mol. The molecule has 206 valence electrons. The van der Waals surface area contributed by atoms with Crippen molar-refractivity contribution in [2.45, 2.75) is 5.41 Å². The van der Waals surface area contributed by atoms with Gasteiger partial charge in [-0.25, -0.2) is 0 Å². The molecule has 0 N–H and O–H groups in total. The highest BCUT2D eigenvalue weighted by molar-refractivity contribution is 6.26. The van der Waals surface area contributed by atoms with Crippen molar-refractivity contribution in [1.29, 1.82) is 5.26 Å². The molecule has 1 heteroatoms. The van der Waals surface area contributed by atoms with Crippen LogP contribution in [0.25, 0.3) is 65.7 Å². The van der Waals surface area contributed by atoms with Gasteiger partial charge in [-0.15, -0.1) is 0 Å². The molecule has 0 bridgehead atoms. The van der Waals surface area contributed by atoms with Crippen LogP contribution in [0.4, 0.5) is 0 Å². The van der Waals surface area contributed by atoms with Crippen LogP contribution >= 0.6 is 0 Å². The predicted molar refractivity (Wildman–Crippen MR) is 185 cm³/mol. The number of fused-ring (bicyclic) bond motifs is 16. The molecule has 1 atom stereocenters. The highest BCUT2D eigenvalue weighted by atomic mass is 14.5. The number of benzene rings is 8. The number of hydrogen-bond acceptors (Lipinski definition) is 1. The van der Waals surface area contributed by atoms with Gasteiger partial charge in [0.25, 0.3) is 0 Å². The number of hydrogen-bond donors (Lipinski definition) is 0. The van der Waals surface area contributed by atoms with Gasteiger partial charge < -0.3 is 0 Å². The quantitative estimate of drug-likeness (QED) is 0.181. The Hall–Kier alpha value is -5.97. The summed E-state index contributed by atoms with van der Waals surface area (Å²) in [5.74, 6) is 0. The van der Waals surface area contributed by atoms with E-state index < -0.39 is 5.41 Å². The van der Waals surface area contributed by atoms with E-state index in [1.807, 2.05) is 12.1 Å². The van der Waals surface area contributed by atoms with E-state index in [1.54, 1.807) is 0 Å². The highest BCUT2D eigenvalue weighted by Crippen LogP contribution is 2.63. The normalized spacial score (nSPS) is 15.6. The van der Waals surface area contributed by atoms with E-state index in [0.717, 1.165) is 11.1 Å². The average Bonchev–Trinajstić information content (AvgIpc) is 3.57. The average molecular weight is 568 g/mol. The summed E-state index contributed by atoms with van der Waals surface area (Å²) in [4.78, 5) is 0. The van der Waals surface area contributed by atoms with E-state index in [2.05, 4.69) is 146 Å². The maximum absolute atomic E-state index is 9.40. The Labute approximate surface area is 261 Å². The molecule has 8 aromatic carbocycles. The summed E-state index contributed by atoms with van der Waals surface area (Å²) >= 11 is 0. The van der Waals surface area contributed by atoms with Gasteiger partial charge in [0, 0.05) is 0 Å². The minimum absolute atomic E-state index is 0.443. The molecule has 10 rings (SSSR count). The highest BCUT2D eigenvalue weighted by Gasteiger charge is 2.51. The van der Waals surface area contributed by atoms with Crippen molar-refractivity contribution in [1.82, 2.24) is 0 Å². The van der Waals surface area contributed by atoms with E-state index in [1.165, 1.54) is 76.8 Å². The first-order chi connectivity index (χ1) is 22.3. The minimum atomic E-state index is -0.443. The van der Waals surface area contributed by atoms with Crippen LogP contribution in [0.15, 0.2) is 152 Å². The van der Waals surface area contributed by atoms with Crippen molar-refractivity contribution >= 4 is 32.3 Å². The van der Waals surface area contributed by atoms with Crippen LogP contribution in [0.2, 0.25) is 0 Å². The summed E-state index contributed by atoms with van der Waals surface area (Å²) in [5, 5.41) is 17.2. The summed E-state index contributed by atoms with van der Waals surface area (Å²) in [5.41, 5.74) is 13.1. The van der Waals surface area contributed by atoms with E-state index in [0.29, 0.717) is 5.56 Å². The molecular weight excluding hydrogens is 542 g/mol. The molecule has 0 amide bonds. The Kier molecular flexibility index (Phi) is 4.78. The van der Waals surface area contributed by atoms with Crippen LogP contribution in [0, 0.1) is 11.3 Å². The lowest BCUT2D eigenvalue weighted by atomic mass is 9.70. The zero-order valence-corrected chi connectivity index (χ0v) is 24.4. The molecule has 45 heavy (non-hydrogen) atoms. The number of nitriles is 1. The SMILES string of the molecule is N#Cc1ccc(-c2ccc3c(c2)C2(c4ccccc4-3)c3ccccc3-c3cc4c5ccccc5c5ccccc5c4cc32)cc1. The molecule has 0 saturated carbocycles. The van der Waals surface area contributed by atoms with Crippen molar-refractivity contribution in [2.75, 3.05) is 0 Å². The van der Waals surface area contributed by atoms with Crippen LogP contribution < -0.4 is 0 Å². The van der Waals surface area contributed by atoms with Gasteiger partial charge in [0.1, 0.15) is 0 Å². The zero-order chi connectivity index (χ0) is 29.7. The standard InChI is InChI=1S/C44H25N/c45-26-27-17-19-28(20-18-27)29-21-22-36-34-13-5-7-15-40(34)44(42(36)23-29)41-16-8-6-14-35(41)39-24-37-32-11-3-1-9-30(32)31-10-2-4-12-33(31)38(37)25-43(39)44/h1-25H. The first kappa shape index (κ1) is 24.5. The van der Waals surface area contributed by atoms with Gasteiger partial charge in [0.2, 0.25) is 0 Å². The Morgan fingerprint density at radius 3 is 1.44 bits per heavy atom. The van der Waals surface area contributed by atoms with E-state index in [9.17, 15) is 5.26 Å². The lowest BCUT2D eigenvalue weighted by molar-refractivity contribution is 0.795. The van der Waals surface area contributed by atoms with Crippen LogP contribution in [-0.2, 0) is 5.41 Å². The van der Waals surface area contributed by atoms with Crippen LogP contribution in [-0.4, -0.2) is 0 Å². The Morgan fingerprint density at radius 1 is 0.356 bits per heavy atom. The van der Waals surface area contributed by atoms with Gasteiger partial charge in [0.05, 0.1) is 17.0 Å². The smallest absolute Gasteiger partial charge is 0.0991 e. The second-order valence-corrected chi connectivity index (χ2v) is 12.3. The third-order valence-corrected chi connectivity index (χ3v) is 10.3. The lowest BCUT2D eigenvalue weighted by Gasteiger charge is -2.31. The van der Waals surface area contributed by atoms with Gasteiger partial charge in [-0.2, -0.15) is 5.26 Å². The molecular formula is C44H25N. The molecule has 0 saturated heterocycles. The molecule has 1 nitrogen and oxygen atoms in total. The van der Waals surface area contributed by atoms with E-state index in [4.69, 9.17) is 0 Å². The first-order valence-corrected chi connectivity index (χ1v) is 15.5. The molecule has 0 fully saturated rings. The van der Waals surface area contributed by atoms with Gasteiger partial charge in [-0.05, 0) is 118 Å². The zero-order valence-electron chi connectivity index (χ0n) is 24.4. The van der Waals surface area contributed by atoms with E-state index >= 15 is 0 Å². The molecule has 0 radical (unpaired) electrons. The predicted octanol–water partition coefficient (Wildman–Crippen LogP) is 11.0. The van der Waals surface area contributed by atoms with Gasteiger partial charge in [0.15, 0.2) is 0 Å². The van der Waals surface area contributed by atoms with Crippen LogP contribution in [0.3, 0.4) is 0 Å². The molecule has 2 aliphatic rings. The van der Waals surface area contributed by atoms with E-state index in [-0.39, 0.29) is 0 Å². The van der Waals surface area contributed by atoms with Crippen molar-refractivity contribution in [2.24, 2.45) is 0 Å². The summed E-state index contributed by atoms with van der Waals surface area (Å²) in [7, 11) is 0. The van der Waals surface area contributed by atoms with Crippen LogP contribution in [0.5, 0.6) is 0 Å². The summed E-state index contributed by atoms with van der Waals surface area (Å²) in [6, 6.07) is 57.9. The molecule has 8 aromatic rings. The van der Waals surface area contributed by atoms with Gasteiger partial charge in [-0.3, -0.25) is 0 Å². The number of rotatable bonds is 1. The topological polar surface area (TPSA) is 23.8 Å². The molecule has 1 spiro atoms. The largest absolute Gasteiger partial charge is 0.192 e. The Morgan fingerprint density at radius 2 is 0.822 bits per heavy atom. The fourth-order valence-corrected chi connectivity index (χ4v) is 8.45. The summed E-state index contributed by atoms with van der Waals surface area (Å²) < 4.78 is 0. The lowest BCUT2D eigenvalue weighted by Crippen LogP contribution is -2.25.